The van der Waals surface area contributed by atoms with Gasteiger partial charge in [-0.15, -0.1) is 0 Å². The molecule has 0 saturated heterocycles. The Morgan fingerprint density at radius 1 is 1.18 bits per heavy atom. The van der Waals surface area contributed by atoms with Crippen molar-refractivity contribution in [2.24, 2.45) is 0 Å². The van der Waals surface area contributed by atoms with Crippen LogP contribution in [0.3, 0.4) is 0 Å². The van der Waals surface area contributed by atoms with Crippen LogP contribution < -0.4 is 10.4 Å². The maximum absolute atomic E-state index is 12.1. The third-order valence-electron chi connectivity index (χ3n) is 5.32. The summed E-state index contributed by atoms with van der Waals surface area (Å²) in [5.74, 6) is 0.572. The van der Waals surface area contributed by atoms with Crippen molar-refractivity contribution in [2.45, 2.75) is 31.9 Å². The van der Waals surface area contributed by atoms with Gasteiger partial charge in [0.1, 0.15) is 24.0 Å². The average molecular weight is 376 g/mol. The Morgan fingerprint density at radius 3 is 2.96 bits per heavy atom. The lowest BCUT2D eigenvalue weighted by Gasteiger charge is -2.14. The lowest BCUT2D eigenvalue weighted by atomic mass is 10.1. The molecule has 0 unspecified atom stereocenters. The van der Waals surface area contributed by atoms with Crippen molar-refractivity contribution < 1.29 is 14.3 Å². The fourth-order valence-electron chi connectivity index (χ4n) is 3.98. The third kappa shape index (κ3) is 2.96. The Balaban J connectivity index is 1.31. The van der Waals surface area contributed by atoms with Crippen molar-refractivity contribution in [2.75, 3.05) is 6.61 Å². The number of imidazole rings is 1. The van der Waals surface area contributed by atoms with E-state index in [1.807, 2.05) is 41.0 Å². The van der Waals surface area contributed by atoms with E-state index in [-0.39, 0.29) is 12.2 Å². The summed E-state index contributed by atoms with van der Waals surface area (Å²) >= 11 is 0. The van der Waals surface area contributed by atoms with Crippen LogP contribution in [0.25, 0.3) is 22.0 Å². The predicted octanol–water partition coefficient (Wildman–Crippen LogP) is 3.07. The molecule has 0 aliphatic heterocycles. The van der Waals surface area contributed by atoms with E-state index in [0.717, 1.165) is 46.8 Å². The van der Waals surface area contributed by atoms with Gasteiger partial charge in [0, 0.05) is 17.0 Å². The van der Waals surface area contributed by atoms with E-state index >= 15 is 0 Å². The fraction of sp³-hybridized carbons (Fsp3) is 0.273. The molecule has 0 spiro atoms. The summed E-state index contributed by atoms with van der Waals surface area (Å²) in [4.78, 5) is 16.5. The highest BCUT2D eigenvalue weighted by Gasteiger charge is 2.19. The summed E-state index contributed by atoms with van der Waals surface area (Å²) in [7, 11) is 0. The van der Waals surface area contributed by atoms with Gasteiger partial charge in [-0.2, -0.15) is 0 Å². The maximum atomic E-state index is 12.1. The molecule has 1 N–H and O–H groups in total. The van der Waals surface area contributed by atoms with Crippen LogP contribution in [0.2, 0.25) is 0 Å². The number of rotatable bonds is 5. The van der Waals surface area contributed by atoms with Gasteiger partial charge in [0.15, 0.2) is 0 Å². The number of nitrogens with zero attached hydrogens (tertiary/aromatic N) is 2. The van der Waals surface area contributed by atoms with E-state index in [1.54, 1.807) is 12.4 Å². The van der Waals surface area contributed by atoms with Crippen LogP contribution in [-0.4, -0.2) is 27.4 Å². The standard InChI is InChI=1S/C22H20N2O4/c25-14(11-24-13-23-19-6-1-2-7-20(19)24)12-27-15-8-9-17-16-4-3-5-18(16)22(26)28-21(17)10-15/h1-2,6-10,13-14,25H,3-5,11-12H2/t14-/m0/s1. The lowest BCUT2D eigenvalue weighted by molar-refractivity contribution is 0.0934. The average Bonchev–Trinajstić information content (AvgIpc) is 3.35. The molecule has 4 aromatic rings. The van der Waals surface area contributed by atoms with Crippen LogP contribution in [0, 0.1) is 0 Å². The summed E-state index contributed by atoms with van der Waals surface area (Å²) < 4.78 is 13.1. The maximum Gasteiger partial charge on any atom is 0.339 e. The SMILES string of the molecule is O=c1oc2cc(OC[C@@H](O)Cn3cnc4ccccc43)ccc2c2c1CCC2. The van der Waals surface area contributed by atoms with Crippen molar-refractivity contribution in [3.63, 3.8) is 0 Å². The monoisotopic (exact) mass is 376 g/mol. The van der Waals surface area contributed by atoms with Gasteiger partial charge in [-0.1, -0.05) is 12.1 Å². The smallest absolute Gasteiger partial charge is 0.339 e. The van der Waals surface area contributed by atoms with Crippen LogP contribution in [0.1, 0.15) is 17.5 Å². The number of benzene rings is 2. The molecule has 142 valence electrons. The molecule has 0 saturated carbocycles. The molecule has 2 aromatic carbocycles. The van der Waals surface area contributed by atoms with Gasteiger partial charge >= 0.3 is 5.63 Å². The second-order valence-electron chi connectivity index (χ2n) is 7.21. The molecule has 1 atom stereocenters. The van der Waals surface area contributed by atoms with Crippen molar-refractivity contribution >= 4 is 22.0 Å². The molecule has 2 aromatic heterocycles. The van der Waals surface area contributed by atoms with Crippen molar-refractivity contribution in [3.05, 3.63) is 70.3 Å². The van der Waals surface area contributed by atoms with Crippen molar-refractivity contribution in [1.82, 2.24) is 9.55 Å². The first-order valence-corrected chi connectivity index (χ1v) is 9.48. The number of aliphatic hydroxyl groups excluding tert-OH is 1. The number of para-hydroxylation sites is 2. The van der Waals surface area contributed by atoms with Crippen LogP contribution >= 0.6 is 0 Å². The highest BCUT2D eigenvalue weighted by molar-refractivity contribution is 5.83. The van der Waals surface area contributed by atoms with E-state index in [0.29, 0.717) is 17.9 Å². The highest BCUT2D eigenvalue weighted by atomic mass is 16.5. The van der Waals surface area contributed by atoms with Crippen LogP contribution in [0.4, 0.5) is 0 Å². The van der Waals surface area contributed by atoms with Gasteiger partial charge < -0.3 is 18.8 Å². The topological polar surface area (TPSA) is 77.5 Å². The van der Waals surface area contributed by atoms with Crippen LogP contribution in [0.15, 0.2) is 58.0 Å². The molecule has 6 heteroatoms. The van der Waals surface area contributed by atoms with Gasteiger partial charge in [-0.05, 0) is 49.1 Å². The zero-order valence-electron chi connectivity index (χ0n) is 15.3. The Morgan fingerprint density at radius 2 is 2.04 bits per heavy atom. The molecule has 6 nitrogen and oxygen atoms in total. The highest BCUT2D eigenvalue weighted by Crippen LogP contribution is 2.29. The molecule has 0 amide bonds. The first kappa shape index (κ1) is 17.0. The lowest BCUT2D eigenvalue weighted by Crippen LogP contribution is -2.23. The third-order valence-corrected chi connectivity index (χ3v) is 5.32. The number of aliphatic hydroxyl groups is 1. The van der Waals surface area contributed by atoms with E-state index < -0.39 is 6.10 Å². The number of hydrogen-bond acceptors (Lipinski definition) is 5. The minimum absolute atomic E-state index is 0.132. The number of fused-ring (bicyclic) bond motifs is 4. The number of hydrogen-bond donors (Lipinski definition) is 1. The Hall–Kier alpha value is -3.12. The van der Waals surface area contributed by atoms with Gasteiger partial charge in [-0.3, -0.25) is 0 Å². The summed E-state index contributed by atoms with van der Waals surface area (Å²) in [6, 6.07) is 13.3. The summed E-state index contributed by atoms with van der Waals surface area (Å²) in [6.45, 7) is 0.518. The fourth-order valence-corrected chi connectivity index (χ4v) is 3.98. The van der Waals surface area contributed by atoms with E-state index in [4.69, 9.17) is 9.15 Å². The quantitative estimate of drug-likeness (QED) is 0.542. The molecule has 1 aliphatic carbocycles. The molecular formula is C22H20N2O4. The second-order valence-corrected chi connectivity index (χ2v) is 7.21. The first-order chi connectivity index (χ1) is 13.7. The van der Waals surface area contributed by atoms with E-state index in [1.165, 1.54) is 0 Å². The molecule has 2 heterocycles. The number of ether oxygens (including phenoxy) is 1. The van der Waals surface area contributed by atoms with E-state index in [9.17, 15) is 9.90 Å². The predicted molar refractivity (Wildman–Crippen MR) is 106 cm³/mol. The first-order valence-electron chi connectivity index (χ1n) is 9.48. The molecule has 0 bridgehead atoms. The zero-order chi connectivity index (χ0) is 19.1. The summed E-state index contributed by atoms with van der Waals surface area (Å²) in [6.07, 6.45) is 3.72. The zero-order valence-corrected chi connectivity index (χ0v) is 15.3. The van der Waals surface area contributed by atoms with Gasteiger partial charge in [0.25, 0.3) is 0 Å². The largest absolute Gasteiger partial charge is 0.491 e. The van der Waals surface area contributed by atoms with Gasteiger partial charge in [0.05, 0.1) is 23.9 Å². The van der Waals surface area contributed by atoms with Gasteiger partial charge in [0.2, 0.25) is 0 Å². The molecule has 0 radical (unpaired) electrons. The van der Waals surface area contributed by atoms with Crippen LogP contribution in [0.5, 0.6) is 5.75 Å². The minimum Gasteiger partial charge on any atom is -0.491 e. The molecule has 1 aliphatic rings. The molecule has 0 fully saturated rings. The van der Waals surface area contributed by atoms with Crippen molar-refractivity contribution in [1.29, 1.82) is 0 Å². The Bertz CT molecular complexity index is 1220. The molecular weight excluding hydrogens is 356 g/mol. The summed E-state index contributed by atoms with van der Waals surface area (Å²) in [5.41, 5.74) is 4.08. The molecule has 28 heavy (non-hydrogen) atoms. The Labute approximate surface area is 161 Å². The Kier molecular flexibility index (Phi) is 4.13. The van der Waals surface area contributed by atoms with E-state index in [2.05, 4.69) is 4.98 Å². The molecule has 5 rings (SSSR count). The summed E-state index contributed by atoms with van der Waals surface area (Å²) in [5, 5.41) is 11.4. The number of aryl methyl sites for hydroxylation is 1. The van der Waals surface area contributed by atoms with Gasteiger partial charge in [-0.25, -0.2) is 9.78 Å². The minimum atomic E-state index is -0.694. The second kappa shape index (κ2) is 6.80. The number of aromatic nitrogens is 2. The normalized spacial score (nSPS) is 14.5. The van der Waals surface area contributed by atoms with Crippen LogP contribution in [-0.2, 0) is 19.4 Å². The van der Waals surface area contributed by atoms with Crippen molar-refractivity contribution in [3.8, 4) is 5.75 Å².